The Labute approximate surface area is 164 Å². The standard InChI is InChI=1S/C23H24N2O3/c1-14(2)21-12-18(17-9-5-6-10-20(17)24-21)23(27)28-13-22(26)25-19-11-7-8-15(3)16(19)4/h5-12,14H,13H2,1-4H3,(H,25,26). The number of hydrogen-bond acceptors (Lipinski definition) is 4. The van der Waals surface area contributed by atoms with Crippen LogP contribution in [0.3, 0.4) is 0 Å². The minimum Gasteiger partial charge on any atom is -0.452 e. The van der Waals surface area contributed by atoms with Gasteiger partial charge in [-0.05, 0) is 49.1 Å². The molecule has 1 heterocycles. The van der Waals surface area contributed by atoms with Crippen LogP contribution in [0.15, 0.2) is 48.5 Å². The second-order valence-electron chi connectivity index (χ2n) is 7.14. The molecule has 0 aliphatic heterocycles. The Kier molecular flexibility index (Phi) is 5.73. The zero-order valence-electron chi connectivity index (χ0n) is 16.6. The quantitative estimate of drug-likeness (QED) is 0.651. The highest BCUT2D eigenvalue weighted by Crippen LogP contribution is 2.23. The Morgan fingerprint density at radius 3 is 2.57 bits per heavy atom. The molecule has 0 atom stereocenters. The molecule has 0 spiro atoms. The summed E-state index contributed by atoms with van der Waals surface area (Å²) >= 11 is 0. The Hall–Kier alpha value is -3.21. The highest BCUT2D eigenvalue weighted by Gasteiger charge is 2.17. The molecule has 1 N–H and O–H groups in total. The normalized spacial score (nSPS) is 10.9. The summed E-state index contributed by atoms with van der Waals surface area (Å²) in [6, 6.07) is 14.9. The van der Waals surface area contributed by atoms with Crippen LogP contribution < -0.4 is 5.32 Å². The molecule has 0 saturated heterocycles. The fourth-order valence-electron chi connectivity index (χ4n) is 2.94. The van der Waals surface area contributed by atoms with Crippen LogP contribution in [0, 0.1) is 13.8 Å². The van der Waals surface area contributed by atoms with Crippen LogP contribution in [-0.2, 0) is 9.53 Å². The molecule has 5 nitrogen and oxygen atoms in total. The third-order valence-electron chi connectivity index (χ3n) is 4.76. The first-order valence-corrected chi connectivity index (χ1v) is 9.29. The number of carbonyl (C=O) groups excluding carboxylic acids is 2. The summed E-state index contributed by atoms with van der Waals surface area (Å²) in [5, 5.41) is 3.51. The topological polar surface area (TPSA) is 68.3 Å². The summed E-state index contributed by atoms with van der Waals surface area (Å²) in [6.07, 6.45) is 0. The summed E-state index contributed by atoms with van der Waals surface area (Å²) < 4.78 is 5.30. The molecule has 144 valence electrons. The van der Waals surface area contributed by atoms with Crippen LogP contribution in [0.4, 0.5) is 5.69 Å². The summed E-state index contributed by atoms with van der Waals surface area (Å²) in [5.41, 5.74) is 4.76. The fraction of sp³-hybridized carbons (Fsp3) is 0.261. The summed E-state index contributed by atoms with van der Waals surface area (Å²) in [4.78, 5) is 29.5. The van der Waals surface area contributed by atoms with E-state index in [2.05, 4.69) is 10.3 Å². The van der Waals surface area contributed by atoms with Crippen molar-refractivity contribution in [3.63, 3.8) is 0 Å². The minimum absolute atomic E-state index is 0.170. The van der Waals surface area contributed by atoms with Crippen molar-refractivity contribution in [2.75, 3.05) is 11.9 Å². The van der Waals surface area contributed by atoms with Crippen LogP contribution >= 0.6 is 0 Å². The molecule has 0 fully saturated rings. The van der Waals surface area contributed by atoms with E-state index in [1.807, 2.05) is 70.2 Å². The molecule has 0 saturated carbocycles. The van der Waals surface area contributed by atoms with Crippen molar-refractivity contribution >= 4 is 28.5 Å². The molecule has 0 unspecified atom stereocenters. The SMILES string of the molecule is Cc1cccc(NC(=O)COC(=O)c2cc(C(C)C)nc3ccccc23)c1C. The van der Waals surface area contributed by atoms with Gasteiger partial charge in [0.05, 0.1) is 11.1 Å². The van der Waals surface area contributed by atoms with Crippen LogP contribution in [0.1, 0.15) is 46.9 Å². The van der Waals surface area contributed by atoms with Crippen LogP contribution in [0.5, 0.6) is 0 Å². The first kappa shape index (κ1) is 19.5. The Bertz CT molecular complexity index is 1040. The fourth-order valence-corrected chi connectivity index (χ4v) is 2.94. The zero-order valence-corrected chi connectivity index (χ0v) is 16.6. The Morgan fingerprint density at radius 1 is 1.07 bits per heavy atom. The van der Waals surface area contributed by atoms with Gasteiger partial charge in [-0.15, -0.1) is 0 Å². The van der Waals surface area contributed by atoms with E-state index in [0.29, 0.717) is 10.9 Å². The first-order valence-electron chi connectivity index (χ1n) is 9.29. The first-order chi connectivity index (χ1) is 13.4. The van der Waals surface area contributed by atoms with E-state index < -0.39 is 5.97 Å². The van der Waals surface area contributed by atoms with E-state index in [-0.39, 0.29) is 18.4 Å². The van der Waals surface area contributed by atoms with Crippen molar-refractivity contribution in [3.05, 3.63) is 70.9 Å². The lowest BCUT2D eigenvalue weighted by Crippen LogP contribution is -2.21. The molecule has 0 aliphatic rings. The molecule has 5 heteroatoms. The maximum absolute atomic E-state index is 12.7. The number of nitrogens with one attached hydrogen (secondary N) is 1. The lowest BCUT2D eigenvalue weighted by Gasteiger charge is -2.12. The highest BCUT2D eigenvalue weighted by molar-refractivity contribution is 6.04. The largest absolute Gasteiger partial charge is 0.452 e. The van der Waals surface area contributed by atoms with Gasteiger partial charge in [-0.3, -0.25) is 9.78 Å². The number of fused-ring (bicyclic) bond motifs is 1. The van der Waals surface area contributed by atoms with Crippen molar-refractivity contribution in [1.82, 2.24) is 4.98 Å². The summed E-state index contributed by atoms with van der Waals surface area (Å²) in [7, 11) is 0. The zero-order chi connectivity index (χ0) is 20.3. The minimum atomic E-state index is -0.531. The van der Waals surface area contributed by atoms with Crippen molar-refractivity contribution in [2.45, 2.75) is 33.6 Å². The number of rotatable bonds is 5. The number of hydrogen-bond donors (Lipinski definition) is 1. The number of nitrogens with zero attached hydrogens (tertiary/aromatic N) is 1. The summed E-state index contributed by atoms with van der Waals surface area (Å²) in [5.74, 6) is -0.732. The number of esters is 1. The molecule has 0 bridgehead atoms. The molecule has 1 amide bonds. The van der Waals surface area contributed by atoms with Crippen LogP contribution in [0.25, 0.3) is 10.9 Å². The maximum Gasteiger partial charge on any atom is 0.339 e. The number of amides is 1. The molecule has 2 aromatic carbocycles. The molecular formula is C23H24N2O3. The van der Waals surface area contributed by atoms with Gasteiger partial charge < -0.3 is 10.1 Å². The van der Waals surface area contributed by atoms with Gasteiger partial charge >= 0.3 is 5.97 Å². The van der Waals surface area contributed by atoms with E-state index in [9.17, 15) is 9.59 Å². The van der Waals surface area contributed by atoms with Crippen LogP contribution in [0.2, 0.25) is 0 Å². The van der Waals surface area contributed by atoms with E-state index in [4.69, 9.17) is 4.74 Å². The summed E-state index contributed by atoms with van der Waals surface area (Å²) in [6.45, 7) is 7.60. The molecule has 3 rings (SSSR count). The number of carbonyl (C=O) groups is 2. The number of ether oxygens (including phenoxy) is 1. The average Bonchev–Trinajstić information content (AvgIpc) is 2.68. The van der Waals surface area contributed by atoms with Crippen molar-refractivity contribution in [3.8, 4) is 0 Å². The highest BCUT2D eigenvalue weighted by atomic mass is 16.5. The predicted molar refractivity (Wildman–Crippen MR) is 111 cm³/mol. The number of benzene rings is 2. The predicted octanol–water partition coefficient (Wildman–Crippen LogP) is 4.77. The number of aryl methyl sites for hydroxylation is 1. The lowest BCUT2D eigenvalue weighted by atomic mass is 10.0. The van der Waals surface area contributed by atoms with Gasteiger partial charge in [0, 0.05) is 16.8 Å². The van der Waals surface area contributed by atoms with Gasteiger partial charge in [0.1, 0.15) is 0 Å². The molecule has 1 aromatic heterocycles. The average molecular weight is 376 g/mol. The second-order valence-corrected chi connectivity index (χ2v) is 7.14. The molecular weight excluding hydrogens is 352 g/mol. The van der Waals surface area contributed by atoms with Crippen molar-refractivity contribution in [1.29, 1.82) is 0 Å². The van der Waals surface area contributed by atoms with Gasteiger partial charge in [0.2, 0.25) is 0 Å². The third-order valence-corrected chi connectivity index (χ3v) is 4.76. The van der Waals surface area contributed by atoms with Gasteiger partial charge in [-0.1, -0.05) is 44.2 Å². The van der Waals surface area contributed by atoms with Crippen molar-refractivity contribution < 1.29 is 14.3 Å². The Balaban J connectivity index is 1.76. The van der Waals surface area contributed by atoms with E-state index in [1.165, 1.54) is 0 Å². The van der Waals surface area contributed by atoms with Gasteiger partial charge in [0.15, 0.2) is 6.61 Å². The lowest BCUT2D eigenvalue weighted by molar-refractivity contribution is -0.119. The molecule has 3 aromatic rings. The van der Waals surface area contributed by atoms with Gasteiger partial charge in [-0.25, -0.2) is 4.79 Å². The van der Waals surface area contributed by atoms with Crippen LogP contribution in [-0.4, -0.2) is 23.5 Å². The van der Waals surface area contributed by atoms with Gasteiger partial charge in [-0.2, -0.15) is 0 Å². The third kappa shape index (κ3) is 4.19. The number of pyridine rings is 1. The van der Waals surface area contributed by atoms with E-state index >= 15 is 0 Å². The smallest absolute Gasteiger partial charge is 0.339 e. The number of anilines is 1. The molecule has 28 heavy (non-hydrogen) atoms. The van der Waals surface area contributed by atoms with Gasteiger partial charge in [0.25, 0.3) is 5.91 Å². The second kappa shape index (κ2) is 8.21. The molecule has 0 aliphatic carbocycles. The van der Waals surface area contributed by atoms with E-state index in [0.717, 1.165) is 28.0 Å². The Morgan fingerprint density at radius 2 is 1.82 bits per heavy atom. The molecule has 0 radical (unpaired) electrons. The maximum atomic E-state index is 12.7. The monoisotopic (exact) mass is 376 g/mol. The number of aromatic nitrogens is 1. The number of para-hydroxylation sites is 1. The van der Waals surface area contributed by atoms with E-state index in [1.54, 1.807) is 6.07 Å². The van der Waals surface area contributed by atoms with Crippen molar-refractivity contribution in [2.24, 2.45) is 0 Å².